The predicted octanol–water partition coefficient (Wildman–Crippen LogP) is 2.88. The number of carbonyl (C=O) groups excluding carboxylic acids is 1. The maximum absolute atomic E-state index is 13.0. The molecule has 154 valence electrons. The van der Waals surface area contributed by atoms with Crippen LogP contribution in [0, 0.1) is 5.92 Å². The molecule has 2 aliphatic heterocycles. The first-order chi connectivity index (χ1) is 13.4. The van der Waals surface area contributed by atoms with E-state index in [9.17, 15) is 18.0 Å². The van der Waals surface area contributed by atoms with Crippen molar-refractivity contribution in [2.45, 2.75) is 56.8 Å². The SMILES string of the molecule is O=C(C1CCOCC1)N1CCC(N(c2cc(C(F)(F)F)ncn2)C2CC2)CC1. The topological polar surface area (TPSA) is 58.6 Å². The Labute approximate surface area is 162 Å². The standard InChI is InChI=1S/C19H25F3N4O2/c20-19(21,22)16-11-17(24-12-23-16)26(14-1-2-14)15-3-7-25(8-4-15)18(27)13-5-9-28-10-6-13/h11-15H,1-10H2. The third-order valence-corrected chi connectivity index (χ3v) is 5.89. The van der Waals surface area contributed by atoms with Crippen molar-refractivity contribution >= 4 is 11.7 Å². The molecule has 4 rings (SSSR count). The van der Waals surface area contributed by atoms with Crippen LogP contribution in [0.2, 0.25) is 0 Å². The highest BCUT2D eigenvalue weighted by molar-refractivity contribution is 5.79. The fourth-order valence-corrected chi connectivity index (χ4v) is 4.24. The first-order valence-electron chi connectivity index (χ1n) is 9.97. The van der Waals surface area contributed by atoms with Crippen LogP contribution < -0.4 is 4.90 Å². The maximum Gasteiger partial charge on any atom is 0.433 e. The van der Waals surface area contributed by atoms with Gasteiger partial charge in [-0.3, -0.25) is 4.79 Å². The van der Waals surface area contributed by atoms with Gasteiger partial charge in [-0.15, -0.1) is 0 Å². The van der Waals surface area contributed by atoms with Gasteiger partial charge in [-0.1, -0.05) is 0 Å². The summed E-state index contributed by atoms with van der Waals surface area (Å²) in [5.74, 6) is 0.584. The maximum atomic E-state index is 13.0. The van der Waals surface area contributed by atoms with E-state index in [1.54, 1.807) is 0 Å². The van der Waals surface area contributed by atoms with Gasteiger partial charge in [-0.05, 0) is 38.5 Å². The summed E-state index contributed by atoms with van der Waals surface area (Å²) in [4.78, 5) is 24.2. The number of alkyl halides is 3. The van der Waals surface area contributed by atoms with Crippen molar-refractivity contribution in [1.29, 1.82) is 0 Å². The van der Waals surface area contributed by atoms with Crippen LogP contribution in [-0.4, -0.2) is 59.2 Å². The first kappa shape index (κ1) is 19.4. The molecule has 2 saturated heterocycles. The van der Waals surface area contributed by atoms with Crippen molar-refractivity contribution in [3.8, 4) is 0 Å². The van der Waals surface area contributed by atoms with Gasteiger partial charge in [0.25, 0.3) is 0 Å². The number of amides is 1. The first-order valence-corrected chi connectivity index (χ1v) is 9.97. The van der Waals surface area contributed by atoms with Gasteiger partial charge in [0.15, 0.2) is 0 Å². The Balaban J connectivity index is 1.42. The molecule has 3 heterocycles. The van der Waals surface area contributed by atoms with Crippen LogP contribution >= 0.6 is 0 Å². The van der Waals surface area contributed by atoms with E-state index in [4.69, 9.17) is 4.74 Å². The molecular formula is C19H25F3N4O2. The molecule has 1 saturated carbocycles. The van der Waals surface area contributed by atoms with Gasteiger partial charge >= 0.3 is 6.18 Å². The van der Waals surface area contributed by atoms with Crippen molar-refractivity contribution < 1.29 is 22.7 Å². The fourth-order valence-electron chi connectivity index (χ4n) is 4.24. The molecule has 0 bridgehead atoms. The lowest BCUT2D eigenvalue weighted by atomic mass is 9.96. The highest BCUT2D eigenvalue weighted by atomic mass is 19.4. The van der Waals surface area contributed by atoms with Gasteiger partial charge < -0.3 is 14.5 Å². The Morgan fingerprint density at radius 1 is 1.04 bits per heavy atom. The number of hydrogen-bond acceptors (Lipinski definition) is 5. The summed E-state index contributed by atoms with van der Waals surface area (Å²) in [7, 11) is 0. The summed E-state index contributed by atoms with van der Waals surface area (Å²) in [6, 6.07) is 1.39. The lowest BCUT2D eigenvalue weighted by Crippen LogP contribution is -2.49. The number of anilines is 1. The van der Waals surface area contributed by atoms with Crippen molar-refractivity contribution in [2.75, 3.05) is 31.2 Å². The molecule has 1 aromatic rings. The molecule has 1 aliphatic carbocycles. The quantitative estimate of drug-likeness (QED) is 0.781. The lowest BCUT2D eigenvalue weighted by Gasteiger charge is -2.40. The minimum Gasteiger partial charge on any atom is -0.381 e. The molecule has 1 amide bonds. The van der Waals surface area contributed by atoms with Gasteiger partial charge in [-0.25, -0.2) is 9.97 Å². The average Bonchev–Trinajstić information content (AvgIpc) is 3.53. The zero-order valence-electron chi connectivity index (χ0n) is 15.7. The number of ether oxygens (including phenoxy) is 1. The summed E-state index contributed by atoms with van der Waals surface area (Å²) in [5.41, 5.74) is -0.907. The summed E-state index contributed by atoms with van der Waals surface area (Å²) in [6.45, 7) is 2.55. The number of nitrogens with zero attached hydrogens (tertiary/aromatic N) is 4. The van der Waals surface area contributed by atoms with E-state index in [1.165, 1.54) is 0 Å². The van der Waals surface area contributed by atoms with E-state index < -0.39 is 11.9 Å². The molecule has 6 nitrogen and oxygen atoms in total. The molecule has 3 aliphatic rings. The summed E-state index contributed by atoms with van der Waals surface area (Å²) in [5, 5.41) is 0. The van der Waals surface area contributed by atoms with Crippen LogP contribution in [0.1, 0.15) is 44.2 Å². The van der Waals surface area contributed by atoms with Crippen LogP contribution in [0.3, 0.4) is 0 Å². The number of likely N-dealkylation sites (tertiary alicyclic amines) is 1. The second-order valence-corrected chi connectivity index (χ2v) is 7.84. The van der Waals surface area contributed by atoms with Crippen molar-refractivity contribution in [2.24, 2.45) is 5.92 Å². The van der Waals surface area contributed by atoms with Gasteiger partial charge in [-0.2, -0.15) is 13.2 Å². The zero-order chi connectivity index (χ0) is 19.7. The van der Waals surface area contributed by atoms with Crippen molar-refractivity contribution in [3.63, 3.8) is 0 Å². The lowest BCUT2D eigenvalue weighted by molar-refractivity contribution is -0.141. The van der Waals surface area contributed by atoms with Crippen molar-refractivity contribution in [1.82, 2.24) is 14.9 Å². The monoisotopic (exact) mass is 398 g/mol. The number of carbonyl (C=O) groups is 1. The van der Waals surface area contributed by atoms with Gasteiger partial charge in [0.2, 0.25) is 5.91 Å². The van der Waals surface area contributed by atoms with Crippen molar-refractivity contribution in [3.05, 3.63) is 18.1 Å². The zero-order valence-corrected chi connectivity index (χ0v) is 15.7. The molecule has 0 radical (unpaired) electrons. The van der Waals surface area contributed by atoms with E-state index in [-0.39, 0.29) is 23.9 Å². The Morgan fingerprint density at radius 3 is 2.29 bits per heavy atom. The molecule has 0 unspecified atom stereocenters. The van der Waals surface area contributed by atoms with E-state index in [1.807, 2.05) is 9.80 Å². The van der Waals surface area contributed by atoms with Crippen LogP contribution in [0.5, 0.6) is 0 Å². The highest BCUT2D eigenvalue weighted by Gasteiger charge is 2.39. The van der Waals surface area contributed by atoms with Gasteiger partial charge in [0.1, 0.15) is 17.8 Å². The highest BCUT2D eigenvalue weighted by Crippen LogP contribution is 2.37. The molecule has 0 N–H and O–H groups in total. The van der Waals surface area contributed by atoms with Gasteiger partial charge in [0.05, 0.1) is 0 Å². The molecule has 0 atom stereocenters. The average molecular weight is 398 g/mol. The Morgan fingerprint density at radius 2 is 1.68 bits per heavy atom. The Bertz CT molecular complexity index is 697. The number of rotatable bonds is 4. The third kappa shape index (κ3) is 4.24. The van der Waals surface area contributed by atoms with E-state index in [0.717, 1.165) is 50.9 Å². The molecule has 3 fully saturated rings. The van der Waals surface area contributed by atoms with E-state index in [0.29, 0.717) is 32.1 Å². The molecule has 28 heavy (non-hydrogen) atoms. The summed E-state index contributed by atoms with van der Waals surface area (Å²) in [6.07, 6.45) is 1.48. The second-order valence-electron chi connectivity index (χ2n) is 7.84. The second kappa shape index (κ2) is 7.85. The molecule has 0 aromatic carbocycles. The molecule has 0 spiro atoms. The van der Waals surface area contributed by atoms with Crippen LogP contribution in [0.25, 0.3) is 0 Å². The summed E-state index contributed by atoms with van der Waals surface area (Å²) < 4.78 is 44.5. The Kier molecular flexibility index (Phi) is 5.44. The number of piperidine rings is 1. The minimum absolute atomic E-state index is 0.0426. The molecule has 1 aromatic heterocycles. The van der Waals surface area contributed by atoms with Crippen LogP contribution in [-0.2, 0) is 15.7 Å². The normalized spacial score (nSPS) is 22.3. The Hall–Kier alpha value is -1.90. The smallest absolute Gasteiger partial charge is 0.381 e. The van der Waals surface area contributed by atoms with Crippen LogP contribution in [0.4, 0.5) is 19.0 Å². The summed E-state index contributed by atoms with van der Waals surface area (Å²) >= 11 is 0. The largest absolute Gasteiger partial charge is 0.433 e. The number of aromatic nitrogens is 2. The van der Waals surface area contributed by atoms with Gasteiger partial charge in [0, 0.05) is 50.4 Å². The number of halogens is 3. The number of hydrogen-bond donors (Lipinski definition) is 0. The molecule has 9 heteroatoms. The minimum atomic E-state index is -4.48. The van der Waals surface area contributed by atoms with E-state index >= 15 is 0 Å². The third-order valence-electron chi connectivity index (χ3n) is 5.89. The fraction of sp³-hybridized carbons (Fsp3) is 0.737. The predicted molar refractivity (Wildman–Crippen MR) is 95.7 cm³/mol. The molecular weight excluding hydrogens is 373 g/mol. The van der Waals surface area contributed by atoms with E-state index in [2.05, 4.69) is 9.97 Å². The van der Waals surface area contributed by atoms with Crippen LogP contribution in [0.15, 0.2) is 12.4 Å².